The van der Waals surface area contributed by atoms with Gasteiger partial charge in [-0.15, -0.1) is 0 Å². The third-order valence-electron chi connectivity index (χ3n) is 4.64. The zero-order valence-electron chi connectivity index (χ0n) is 18.0. The van der Waals surface area contributed by atoms with Gasteiger partial charge in [-0.05, 0) is 38.0 Å². The average Bonchev–Trinajstić information content (AvgIpc) is 3.35. The number of nitrogens with two attached hydrogens (primary N) is 3. The molecule has 1 aliphatic carbocycles. The molecule has 29 heavy (non-hydrogen) atoms. The summed E-state index contributed by atoms with van der Waals surface area (Å²) >= 11 is 0. The summed E-state index contributed by atoms with van der Waals surface area (Å²) < 4.78 is 0. The number of unbranched alkanes of at least 4 members (excludes halogenated alkanes) is 3. The highest BCUT2D eigenvalue weighted by molar-refractivity contribution is 5.87. The summed E-state index contributed by atoms with van der Waals surface area (Å²) in [6.45, 7) is 2.75. The van der Waals surface area contributed by atoms with Crippen LogP contribution in [0.1, 0.15) is 51.9 Å². The van der Waals surface area contributed by atoms with Crippen LogP contribution in [0, 0.1) is 11.8 Å². The van der Waals surface area contributed by atoms with Crippen molar-refractivity contribution in [1.82, 2.24) is 4.90 Å². The molecule has 3 amide bonds. The maximum Gasteiger partial charge on any atom is 0.240 e. The van der Waals surface area contributed by atoms with Gasteiger partial charge in [-0.25, -0.2) is 0 Å². The number of likely N-dealkylation sites (tertiary alicyclic amines) is 1. The molecule has 2 fully saturated rings. The summed E-state index contributed by atoms with van der Waals surface area (Å²) in [4.78, 5) is 34.1. The third kappa shape index (κ3) is 12.2. The quantitative estimate of drug-likeness (QED) is 0.272. The van der Waals surface area contributed by atoms with Crippen molar-refractivity contribution in [1.29, 1.82) is 0 Å². The number of primary amides is 2. The second kappa shape index (κ2) is 18.1. The number of carbonyl (C=O) groups is 3. The summed E-state index contributed by atoms with van der Waals surface area (Å²) in [7, 11) is 2.00. The molecule has 0 bridgehead atoms. The molecule has 2 aliphatic rings. The van der Waals surface area contributed by atoms with Gasteiger partial charge in [0, 0.05) is 26.7 Å². The van der Waals surface area contributed by atoms with Crippen molar-refractivity contribution in [2.45, 2.75) is 57.9 Å². The Morgan fingerprint density at radius 1 is 1.07 bits per heavy atom. The largest absolute Gasteiger partial charge is 0.400 e. The Morgan fingerprint density at radius 3 is 2.14 bits per heavy atom. The van der Waals surface area contributed by atoms with E-state index >= 15 is 0 Å². The molecular weight excluding hydrogens is 376 g/mol. The number of hydrogen-bond acceptors (Lipinski definition) is 6. The standard InChI is InChI=1S/C11H19NO.C7H13N3O2.2CH4O/c1-2-3-4-5-6-7-9-8-10(9)11(12)13;8-4-6(11)10-3-1-2-5(10)7(9)12;2*1-2/h6-7,9-10H,2-5,8H2,1H3,(H2,12,13);5H,1-4,8H2,(H2,9,12);2*2H,1H3/b7-6-;;;. The Balaban J connectivity index is 0. The number of amides is 3. The van der Waals surface area contributed by atoms with Crippen LogP contribution >= 0.6 is 0 Å². The molecule has 1 aliphatic heterocycles. The van der Waals surface area contributed by atoms with E-state index in [0.717, 1.165) is 33.5 Å². The summed E-state index contributed by atoms with van der Waals surface area (Å²) in [6.07, 6.45) is 11.8. The average molecular weight is 417 g/mol. The van der Waals surface area contributed by atoms with E-state index < -0.39 is 11.9 Å². The SMILES string of the molecule is CCCCC/C=C\C1CC1C(N)=O.CO.CO.NCC(=O)N1CCCC1C(N)=O. The van der Waals surface area contributed by atoms with Crippen LogP contribution in [-0.2, 0) is 14.4 Å². The monoisotopic (exact) mass is 416 g/mol. The van der Waals surface area contributed by atoms with Crippen molar-refractivity contribution in [3.8, 4) is 0 Å². The second-order valence-corrected chi connectivity index (χ2v) is 6.68. The summed E-state index contributed by atoms with van der Waals surface area (Å²) in [5, 5.41) is 14.0. The van der Waals surface area contributed by atoms with Gasteiger partial charge in [0.15, 0.2) is 0 Å². The molecule has 2 rings (SSSR count). The van der Waals surface area contributed by atoms with Crippen LogP contribution in [-0.4, -0.2) is 66.2 Å². The lowest BCUT2D eigenvalue weighted by Gasteiger charge is -2.20. The van der Waals surface area contributed by atoms with Crippen LogP contribution in [0.4, 0.5) is 0 Å². The Kier molecular flexibility index (Phi) is 18.2. The van der Waals surface area contributed by atoms with Gasteiger partial charge in [0.25, 0.3) is 0 Å². The van der Waals surface area contributed by atoms with Crippen LogP contribution in [0.3, 0.4) is 0 Å². The number of allylic oxidation sites excluding steroid dienone is 2. The molecule has 8 N–H and O–H groups in total. The number of aliphatic hydroxyl groups is 2. The normalized spacial score (nSPS) is 21.7. The van der Waals surface area contributed by atoms with E-state index in [1.54, 1.807) is 0 Å². The third-order valence-corrected chi connectivity index (χ3v) is 4.64. The fraction of sp³-hybridized carbons (Fsp3) is 0.750. The van der Waals surface area contributed by atoms with Crippen molar-refractivity contribution in [3.63, 3.8) is 0 Å². The molecule has 1 heterocycles. The summed E-state index contributed by atoms with van der Waals surface area (Å²) in [6, 6.07) is -0.430. The predicted octanol–water partition coefficient (Wildman–Crippen LogP) is -0.117. The molecular formula is C20H40N4O5. The predicted molar refractivity (Wildman–Crippen MR) is 113 cm³/mol. The van der Waals surface area contributed by atoms with Gasteiger partial charge in [-0.2, -0.15) is 0 Å². The van der Waals surface area contributed by atoms with Crippen LogP contribution in [0.15, 0.2) is 12.2 Å². The van der Waals surface area contributed by atoms with Crippen molar-refractivity contribution in [3.05, 3.63) is 12.2 Å². The maximum atomic E-state index is 11.1. The molecule has 0 spiro atoms. The van der Waals surface area contributed by atoms with E-state index in [4.69, 9.17) is 27.4 Å². The van der Waals surface area contributed by atoms with Gasteiger partial charge < -0.3 is 32.3 Å². The lowest BCUT2D eigenvalue weighted by Crippen LogP contribution is -2.45. The number of carbonyl (C=O) groups excluding carboxylic acids is 3. The van der Waals surface area contributed by atoms with Gasteiger partial charge in [-0.3, -0.25) is 14.4 Å². The molecule has 0 radical (unpaired) electrons. The topological polar surface area (TPSA) is 173 Å². The molecule has 1 saturated carbocycles. The molecule has 170 valence electrons. The number of nitrogens with zero attached hydrogens (tertiary/aromatic N) is 1. The molecule has 9 heteroatoms. The Hall–Kier alpha value is -1.97. The molecule has 0 aromatic rings. The number of rotatable bonds is 8. The highest BCUT2D eigenvalue weighted by Crippen LogP contribution is 2.39. The first-order valence-corrected chi connectivity index (χ1v) is 10.1. The smallest absolute Gasteiger partial charge is 0.240 e. The zero-order valence-corrected chi connectivity index (χ0v) is 18.0. The summed E-state index contributed by atoms with van der Waals surface area (Å²) in [5.41, 5.74) is 15.4. The lowest BCUT2D eigenvalue weighted by atomic mass is 10.2. The van der Waals surface area contributed by atoms with Crippen LogP contribution in [0.2, 0.25) is 0 Å². The Bertz CT molecular complexity index is 499. The van der Waals surface area contributed by atoms with E-state index in [0.29, 0.717) is 18.9 Å². The lowest BCUT2D eigenvalue weighted by molar-refractivity contribution is -0.136. The Labute approximate surface area is 174 Å². The van der Waals surface area contributed by atoms with Crippen molar-refractivity contribution < 1.29 is 24.6 Å². The molecule has 0 aromatic carbocycles. The van der Waals surface area contributed by atoms with Crippen LogP contribution < -0.4 is 17.2 Å². The minimum atomic E-state index is -0.436. The van der Waals surface area contributed by atoms with E-state index in [9.17, 15) is 14.4 Å². The Morgan fingerprint density at radius 2 is 1.69 bits per heavy atom. The molecule has 3 atom stereocenters. The van der Waals surface area contributed by atoms with E-state index in [1.807, 2.05) is 0 Å². The van der Waals surface area contributed by atoms with Crippen molar-refractivity contribution in [2.24, 2.45) is 29.0 Å². The minimum absolute atomic E-state index is 0.0518. The number of hydrogen-bond donors (Lipinski definition) is 5. The van der Waals surface area contributed by atoms with Gasteiger partial charge in [0.05, 0.1) is 6.54 Å². The highest BCUT2D eigenvalue weighted by Gasteiger charge is 2.39. The molecule has 0 aromatic heterocycles. The van der Waals surface area contributed by atoms with Gasteiger partial charge in [-0.1, -0.05) is 31.9 Å². The first kappa shape index (κ1) is 29.2. The van der Waals surface area contributed by atoms with Crippen LogP contribution in [0.5, 0.6) is 0 Å². The molecule has 1 saturated heterocycles. The van der Waals surface area contributed by atoms with E-state index in [2.05, 4.69) is 19.1 Å². The van der Waals surface area contributed by atoms with Crippen molar-refractivity contribution in [2.75, 3.05) is 27.3 Å². The molecule has 3 unspecified atom stereocenters. The van der Waals surface area contributed by atoms with E-state index in [1.165, 1.54) is 24.2 Å². The number of aliphatic hydroxyl groups excluding tert-OH is 2. The van der Waals surface area contributed by atoms with Crippen molar-refractivity contribution >= 4 is 17.7 Å². The van der Waals surface area contributed by atoms with Gasteiger partial charge >= 0.3 is 0 Å². The molecule has 9 nitrogen and oxygen atoms in total. The first-order chi connectivity index (χ1) is 13.9. The van der Waals surface area contributed by atoms with E-state index in [-0.39, 0.29) is 24.3 Å². The maximum absolute atomic E-state index is 11.1. The van der Waals surface area contributed by atoms with Crippen LogP contribution in [0.25, 0.3) is 0 Å². The first-order valence-electron chi connectivity index (χ1n) is 10.1. The summed E-state index contributed by atoms with van der Waals surface area (Å²) in [5.74, 6) is -0.171. The minimum Gasteiger partial charge on any atom is -0.400 e. The fourth-order valence-corrected chi connectivity index (χ4v) is 3.02. The highest BCUT2D eigenvalue weighted by atomic mass is 16.2. The second-order valence-electron chi connectivity index (χ2n) is 6.68. The fourth-order valence-electron chi connectivity index (χ4n) is 3.02. The van der Waals surface area contributed by atoms with Gasteiger partial charge in [0.2, 0.25) is 17.7 Å². The zero-order chi connectivity index (χ0) is 22.8. The van der Waals surface area contributed by atoms with Gasteiger partial charge in [0.1, 0.15) is 6.04 Å².